The fraction of sp³-hybridized carbons (Fsp3) is 0.368. The molecule has 0 spiro atoms. The number of morpholine rings is 1. The number of anilines is 2. The summed E-state index contributed by atoms with van der Waals surface area (Å²) in [6.07, 6.45) is 4.69. The Balaban J connectivity index is 1.75. The van der Waals surface area contributed by atoms with Crippen LogP contribution in [0.1, 0.15) is 11.4 Å². The van der Waals surface area contributed by atoms with Crippen LogP contribution >= 0.6 is 0 Å². The second-order valence-corrected chi connectivity index (χ2v) is 8.64. The Morgan fingerprint density at radius 2 is 1.87 bits per heavy atom. The lowest BCUT2D eigenvalue weighted by molar-refractivity contribution is 0.122. The van der Waals surface area contributed by atoms with Crippen molar-refractivity contribution in [3.63, 3.8) is 0 Å². The molecule has 1 fully saturated rings. The first-order valence-corrected chi connectivity index (χ1v) is 11.0. The number of rotatable bonds is 5. The van der Waals surface area contributed by atoms with E-state index in [9.17, 15) is 8.42 Å². The summed E-state index contributed by atoms with van der Waals surface area (Å²) in [5.41, 5.74) is 3.31. The number of sulfonamides is 1. The maximum atomic E-state index is 12.8. The molecule has 0 aliphatic carbocycles. The Labute approximate surface area is 175 Å². The molecule has 0 aromatic carbocycles. The number of nitrogens with one attached hydrogen (secondary N) is 1. The Morgan fingerprint density at radius 1 is 1.10 bits per heavy atom. The van der Waals surface area contributed by atoms with E-state index in [4.69, 9.17) is 4.74 Å². The lowest BCUT2D eigenvalue weighted by Gasteiger charge is -2.29. The third kappa shape index (κ3) is 3.85. The van der Waals surface area contributed by atoms with Gasteiger partial charge < -0.3 is 9.64 Å². The van der Waals surface area contributed by atoms with Crippen LogP contribution in [0.4, 0.5) is 11.5 Å². The topological polar surface area (TPSA) is 115 Å². The van der Waals surface area contributed by atoms with Gasteiger partial charge in [0, 0.05) is 37.5 Å². The van der Waals surface area contributed by atoms with Gasteiger partial charge in [0.15, 0.2) is 5.03 Å². The highest BCUT2D eigenvalue weighted by atomic mass is 32.2. The van der Waals surface area contributed by atoms with Gasteiger partial charge in [-0.2, -0.15) is 13.5 Å². The van der Waals surface area contributed by atoms with Crippen LogP contribution in [0.2, 0.25) is 0 Å². The Morgan fingerprint density at radius 3 is 2.57 bits per heavy atom. The molecular weight excluding hydrogens is 406 g/mol. The van der Waals surface area contributed by atoms with E-state index < -0.39 is 10.0 Å². The minimum Gasteiger partial charge on any atom is -0.378 e. The average molecular weight is 430 g/mol. The van der Waals surface area contributed by atoms with Gasteiger partial charge in [-0.3, -0.25) is 14.4 Å². The van der Waals surface area contributed by atoms with Crippen LogP contribution in [0.3, 0.4) is 0 Å². The van der Waals surface area contributed by atoms with E-state index in [0.29, 0.717) is 24.6 Å². The molecule has 3 aromatic heterocycles. The molecule has 1 aliphatic heterocycles. The third-order valence-electron chi connectivity index (χ3n) is 5.00. The van der Waals surface area contributed by atoms with Crippen molar-refractivity contribution < 1.29 is 13.2 Å². The summed E-state index contributed by atoms with van der Waals surface area (Å²) in [5.74, 6) is 0.789. The second kappa shape index (κ2) is 8.00. The number of nitrogens with zero attached hydrogens (tertiary/aromatic N) is 6. The maximum Gasteiger partial charge on any atom is 0.279 e. The van der Waals surface area contributed by atoms with Gasteiger partial charge in [0.05, 0.1) is 36.5 Å². The van der Waals surface area contributed by atoms with Crippen molar-refractivity contribution in [2.24, 2.45) is 7.05 Å². The number of aromatic nitrogens is 5. The molecule has 0 unspecified atom stereocenters. The van der Waals surface area contributed by atoms with Crippen LogP contribution in [0, 0.1) is 13.8 Å². The summed E-state index contributed by atoms with van der Waals surface area (Å²) in [5, 5.41) is 4.01. The summed E-state index contributed by atoms with van der Waals surface area (Å²) in [6.45, 7) is 6.36. The van der Waals surface area contributed by atoms with Gasteiger partial charge in [-0.15, -0.1) is 0 Å². The average Bonchev–Trinajstić information content (AvgIpc) is 3.17. The predicted molar refractivity (Wildman–Crippen MR) is 112 cm³/mol. The molecule has 4 rings (SSSR count). The van der Waals surface area contributed by atoms with Gasteiger partial charge in [0.25, 0.3) is 10.0 Å². The number of hydrogen-bond acceptors (Lipinski definition) is 8. The molecule has 4 heterocycles. The van der Waals surface area contributed by atoms with E-state index in [1.807, 2.05) is 6.92 Å². The van der Waals surface area contributed by atoms with Crippen LogP contribution in [-0.2, 0) is 21.8 Å². The Hall–Kier alpha value is -3.05. The normalized spacial score (nSPS) is 14.7. The summed E-state index contributed by atoms with van der Waals surface area (Å²) in [7, 11) is -2.23. The summed E-state index contributed by atoms with van der Waals surface area (Å²) >= 11 is 0. The zero-order valence-electron chi connectivity index (χ0n) is 17.0. The van der Waals surface area contributed by atoms with Crippen molar-refractivity contribution in [2.75, 3.05) is 35.9 Å². The van der Waals surface area contributed by atoms with E-state index in [2.05, 4.69) is 29.7 Å². The minimum absolute atomic E-state index is 0.0699. The van der Waals surface area contributed by atoms with E-state index in [-0.39, 0.29) is 5.03 Å². The van der Waals surface area contributed by atoms with Crippen LogP contribution < -0.4 is 9.62 Å². The minimum atomic E-state index is -3.81. The van der Waals surface area contributed by atoms with Gasteiger partial charge >= 0.3 is 0 Å². The molecule has 1 aliphatic rings. The smallest absolute Gasteiger partial charge is 0.279 e. The molecule has 0 saturated carbocycles. The first-order valence-electron chi connectivity index (χ1n) is 9.49. The largest absolute Gasteiger partial charge is 0.378 e. The van der Waals surface area contributed by atoms with E-state index in [1.165, 1.54) is 23.3 Å². The maximum absolute atomic E-state index is 12.8. The predicted octanol–water partition coefficient (Wildman–Crippen LogP) is 1.53. The highest BCUT2D eigenvalue weighted by Gasteiger charge is 2.22. The van der Waals surface area contributed by atoms with E-state index in [1.54, 1.807) is 26.2 Å². The number of aryl methyl sites for hydroxylation is 3. The van der Waals surface area contributed by atoms with E-state index >= 15 is 0 Å². The van der Waals surface area contributed by atoms with Gasteiger partial charge in [-0.05, 0) is 26.0 Å². The lowest BCUT2D eigenvalue weighted by atomic mass is 10.0. The first-order chi connectivity index (χ1) is 14.4. The Bertz CT molecular complexity index is 1170. The molecule has 10 nitrogen and oxygen atoms in total. The number of ether oxygens (including phenoxy) is 1. The van der Waals surface area contributed by atoms with Crippen molar-refractivity contribution >= 4 is 21.5 Å². The van der Waals surface area contributed by atoms with Crippen molar-refractivity contribution in [3.8, 4) is 11.1 Å². The lowest BCUT2D eigenvalue weighted by Crippen LogP contribution is -2.37. The highest BCUT2D eigenvalue weighted by molar-refractivity contribution is 7.92. The third-order valence-corrected chi connectivity index (χ3v) is 6.44. The van der Waals surface area contributed by atoms with Crippen LogP contribution in [-0.4, -0.2) is 59.5 Å². The van der Waals surface area contributed by atoms with Crippen molar-refractivity contribution in [1.82, 2.24) is 24.7 Å². The summed E-state index contributed by atoms with van der Waals surface area (Å²) in [4.78, 5) is 15.4. The molecule has 0 radical (unpaired) electrons. The van der Waals surface area contributed by atoms with Crippen molar-refractivity contribution in [1.29, 1.82) is 0 Å². The zero-order chi connectivity index (χ0) is 21.3. The zero-order valence-corrected chi connectivity index (χ0v) is 17.8. The van der Waals surface area contributed by atoms with Gasteiger partial charge in [0.1, 0.15) is 12.1 Å². The molecular formula is C19H23N7O3S. The first kappa shape index (κ1) is 20.2. The molecule has 0 atom stereocenters. The molecule has 30 heavy (non-hydrogen) atoms. The van der Waals surface area contributed by atoms with Crippen molar-refractivity contribution in [3.05, 3.63) is 42.2 Å². The van der Waals surface area contributed by atoms with Crippen LogP contribution in [0.5, 0.6) is 0 Å². The quantitative estimate of drug-likeness (QED) is 0.649. The SMILES string of the molecule is Cc1ncc(-c2c(C)ncnc2N2CCOCC2)cc1NS(=O)(=O)c1ccnn1C. The number of hydrogen-bond donors (Lipinski definition) is 1. The summed E-state index contributed by atoms with van der Waals surface area (Å²) in [6, 6.07) is 3.21. The highest BCUT2D eigenvalue weighted by Crippen LogP contribution is 2.33. The molecule has 1 N–H and O–H groups in total. The monoisotopic (exact) mass is 429 g/mol. The molecule has 1 saturated heterocycles. The Kier molecular flexibility index (Phi) is 5.39. The standard InChI is InChI=1S/C19H23N7O3S/c1-13-16(24-30(27,28)17-4-5-23-25(17)3)10-15(11-20-13)18-14(2)21-12-22-19(18)26-6-8-29-9-7-26/h4-5,10-12,24H,6-9H2,1-3H3. The van der Waals surface area contributed by atoms with Gasteiger partial charge in [0.2, 0.25) is 0 Å². The van der Waals surface area contributed by atoms with Gasteiger partial charge in [-0.1, -0.05) is 0 Å². The second-order valence-electron chi connectivity index (χ2n) is 7.01. The summed E-state index contributed by atoms with van der Waals surface area (Å²) < 4.78 is 35.0. The molecule has 0 bridgehead atoms. The van der Waals surface area contributed by atoms with Crippen LogP contribution in [0.15, 0.2) is 35.9 Å². The van der Waals surface area contributed by atoms with Gasteiger partial charge in [-0.25, -0.2) is 9.97 Å². The fourth-order valence-electron chi connectivity index (χ4n) is 3.41. The molecule has 11 heteroatoms. The van der Waals surface area contributed by atoms with E-state index in [0.717, 1.165) is 35.7 Å². The molecule has 158 valence electrons. The fourth-order valence-corrected chi connectivity index (χ4v) is 4.65. The molecule has 0 amide bonds. The molecule has 3 aromatic rings. The van der Waals surface area contributed by atoms with Crippen molar-refractivity contribution in [2.45, 2.75) is 18.9 Å². The number of pyridine rings is 1. The van der Waals surface area contributed by atoms with Crippen LogP contribution in [0.25, 0.3) is 11.1 Å².